The van der Waals surface area contributed by atoms with E-state index in [0.29, 0.717) is 19.5 Å². The first-order chi connectivity index (χ1) is 11.0. The van der Waals surface area contributed by atoms with Crippen LogP contribution in [0.1, 0.15) is 24.8 Å². The van der Waals surface area contributed by atoms with Gasteiger partial charge in [0.1, 0.15) is 6.04 Å². The van der Waals surface area contributed by atoms with Crippen LogP contribution < -0.4 is 0 Å². The molecular weight excluding hydrogens is 292 g/mol. The van der Waals surface area contributed by atoms with Gasteiger partial charge in [0.2, 0.25) is 5.91 Å². The van der Waals surface area contributed by atoms with Gasteiger partial charge in [0.05, 0.1) is 12.5 Å². The van der Waals surface area contributed by atoms with E-state index in [1.807, 2.05) is 49.2 Å². The van der Waals surface area contributed by atoms with Gasteiger partial charge in [-0.2, -0.15) is 0 Å². The fraction of sp³-hybridized carbons (Fsp3) is 0.444. The van der Waals surface area contributed by atoms with Crippen LogP contribution in [-0.4, -0.2) is 59.0 Å². The third kappa shape index (κ3) is 3.72. The first-order valence-electron chi connectivity index (χ1n) is 7.67. The van der Waals surface area contributed by atoms with Crippen LogP contribution >= 0.6 is 0 Å². The molecule has 1 aliphatic heterocycles. The maximum absolute atomic E-state index is 12.8. The maximum Gasteiger partial charge on any atom is 0.326 e. The molecule has 0 spiro atoms. The molecule has 1 amide bonds. The van der Waals surface area contributed by atoms with Crippen LogP contribution in [0.2, 0.25) is 0 Å². The van der Waals surface area contributed by atoms with Gasteiger partial charge >= 0.3 is 5.97 Å². The zero-order valence-electron chi connectivity index (χ0n) is 13.5. The van der Waals surface area contributed by atoms with Crippen LogP contribution in [0.3, 0.4) is 0 Å². The van der Waals surface area contributed by atoms with Crippen molar-refractivity contribution in [2.45, 2.75) is 31.3 Å². The Labute approximate surface area is 136 Å². The molecule has 3 atom stereocenters. The summed E-state index contributed by atoms with van der Waals surface area (Å²) in [6, 6.07) is 8.59. The molecule has 0 bridgehead atoms. The highest BCUT2D eigenvalue weighted by Crippen LogP contribution is 2.27. The minimum atomic E-state index is -0.963. The lowest BCUT2D eigenvalue weighted by Gasteiger charge is -2.26. The molecule has 0 radical (unpaired) electrons. The SMILES string of the molecule is C#CCN(C)C1CC(C(=O)O)N(C(=O)C(C)c2ccccc2)C1. The van der Waals surface area contributed by atoms with Crippen molar-refractivity contribution in [2.75, 3.05) is 20.1 Å². The summed E-state index contributed by atoms with van der Waals surface area (Å²) >= 11 is 0. The number of carboxylic acid groups (broad SMARTS) is 1. The predicted octanol–water partition coefficient (Wildman–Crippen LogP) is 1.41. The summed E-state index contributed by atoms with van der Waals surface area (Å²) in [6.45, 7) is 2.65. The molecule has 1 heterocycles. The molecule has 1 saturated heterocycles. The average Bonchev–Trinajstić information content (AvgIpc) is 3.00. The van der Waals surface area contributed by atoms with Gasteiger partial charge in [-0.15, -0.1) is 6.42 Å². The highest BCUT2D eigenvalue weighted by Gasteiger charge is 2.42. The van der Waals surface area contributed by atoms with Crippen molar-refractivity contribution >= 4 is 11.9 Å². The van der Waals surface area contributed by atoms with Crippen LogP contribution in [0.25, 0.3) is 0 Å². The van der Waals surface area contributed by atoms with Crippen molar-refractivity contribution in [1.29, 1.82) is 0 Å². The minimum Gasteiger partial charge on any atom is -0.480 e. The molecule has 122 valence electrons. The number of amides is 1. The number of hydrogen-bond acceptors (Lipinski definition) is 3. The van der Waals surface area contributed by atoms with Gasteiger partial charge < -0.3 is 10.0 Å². The lowest BCUT2D eigenvalue weighted by atomic mass is 9.99. The Bertz CT molecular complexity index is 608. The summed E-state index contributed by atoms with van der Waals surface area (Å²) in [6.07, 6.45) is 5.73. The molecule has 23 heavy (non-hydrogen) atoms. The van der Waals surface area contributed by atoms with Gasteiger partial charge in [-0.3, -0.25) is 9.69 Å². The van der Waals surface area contributed by atoms with E-state index in [2.05, 4.69) is 5.92 Å². The molecule has 5 heteroatoms. The van der Waals surface area contributed by atoms with Crippen LogP contribution in [0.5, 0.6) is 0 Å². The largest absolute Gasteiger partial charge is 0.480 e. The number of carbonyl (C=O) groups is 2. The Morgan fingerprint density at radius 1 is 1.43 bits per heavy atom. The van der Waals surface area contributed by atoms with Crippen LogP contribution in [0, 0.1) is 12.3 Å². The Kier molecular flexibility index (Phi) is 5.41. The van der Waals surface area contributed by atoms with Crippen LogP contribution in [0.15, 0.2) is 30.3 Å². The standard InChI is InChI=1S/C18H22N2O3/c1-4-10-19(3)15-11-16(18(22)23)20(12-15)17(21)13(2)14-8-6-5-7-9-14/h1,5-9,13,15-16H,10-12H2,2-3H3,(H,22,23). The number of likely N-dealkylation sites (tertiary alicyclic amines) is 1. The number of benzene rings is 1. The van der Waals surface area contributed by atoms with Crippen molar-refractivity contribution in [2.24, 2.45) is 0 Å². The molecule has 2 rings (SSSR count). The highest BCUT2D eigenvalue weighted by atomic mass is 16.4. The Morgan fingerprint density at radius 3 is 2.65 bits per heavy atom. The van der Waals surface area contributed by atoms with Crippen molar-refractivity contribution < 1.29 is 14.7 Å². The zero-order chi connectivity index (χ0) is 17.0. The fourth-order valence-corrected chi connectivity index (χ4v) is 3.02. The van der Waals surface area contributed by atoms with Gasteiger partial charge in [0, 0.05) is 12.6 Å². The highest BCUT2D eigenvalue weighted by molar-refractivity contribution is 5.88. The van der Waals surface area contributed by atoms with Gasteiger partial charge in [0.15, 0.2) is 0 Å². The predicted molar refractivity (Wildman–Crippen MR) is 87.9 cm³/mol. The van der Waals surface area contributed by atoms with Crippen molar-refractivity contribution in [3.05, 3.63) is 35.9 Å². The lowest BCUT2D eigenvalue weighted by molar-refractivity contribution is -0.148. The molecule has 1 aromatic rings. The summed E-state index contributed by atoms with van der Waals surface area (Å²) in [4.78, 5) is 27.8. The number of nitrogens with zero attached hydrogens (tertiary/aromatic N) is 2. The second-order valence-electron chi connectivity index (χ2n) is 5.99. The summed E-state index contributed by atoms with van der Waals surface area (Å²) in [5.74, 6) is 1.07. The Balaban J connectivity index is 2.17. The van der Waals surface area contributed by atoms with E-state index in [0.717, 1.165) is 5.56 Å². The van der Waals surface area contributed by atoms with E-state index in [1.165, 1.54) is 4.90 Å². The number of carboxylic acids is 1. The molecule has 1 aromatic carbocycles. The minimum absolute atomic E-state index is 0.0286. The quantitative estimate of drug-likeness (QED) is 0.835. The molecule has 3 unspecified atom stereocenters. The molecule has 0 aromatic heterocycles. The van der Waals surface area contributed by atoms with Crippen LogP contribution in [0.4, 0.5) is 0 Å². The summed E-state index contributed by atoms with van der Waals surface area (Å²) in [5, 5.41) is 9.46. The van der Waals surface area contributed by atoms with Crippen molar-refractivity contribution in [3.63, 3.8) is 0 Å². The molecule has 1 fully saturated rings. The number of carbonyl (C=O) groups excluding carboxylic acids is 1. The number of aliphatic carboxylic acids is 1. The van der Waals surface area contributed by atoms with E-state index in [-0.39, 0.29) is 17.9 Å². The normalized spacial score (nSPS) is 21.9. The summed E-state index contributed by atoms with van der Waals surface area (Å²) in [5.41, 5.74) is 0.891. The lowest BCUT2D eigenvalue weighted by Crippen LogP contribution is -2.43. The molecular formula is C18H22N2O3. The average molecular weight is 314 g/mol. The molecule has 1 N–H and O–H groups in total. The number of hydrogen-bond donors (Lipinski definition) is 1. The third-order valence-electron chi connectivity index (χ3n) is 4.48. The van der Waals surface area contributed by atoms with E-state index in [4.69, 9.17) is 6.42 Å². The number of terminal acetylenes is 1. The fourth-order valence-electron chi connectivity index (χ4n) is 3.02. The van der Waals surface area contributed by atoms with Gasteiger partial charge in [0.25, 0.3) is 0 Å². The van der Waals surface area contributed by atoms with Gasteiger partial charge in [-0.1, -0.05) is 36.3 Å². The number of rotatable bonds is 5. The summed E-state index contributed by atoms with van der Waals surface area (Å²) in [7, 11) is 1.86. The van der Waals surface area contributed by atoms with E-state index < -0.39 is 12.0 Å². The Hall–Kier alpha value is -2.32. The van der Waals surface area contributed by atoms with Crippen molar-refractivity contribution in [1.82, 2.24) is 9.80 Å². The monoisotopic (exact) mass is 314 g/mol. The molecule has 0 saturated carbocycles. The second kappa shape index (κ2) is 7.30. The maximum atomic E-state index is 12.8. The number of likely N-dealkylation sites (N-methyl/N-ethyl adjacent to an activating group) is 1. The summed E-state index contributed by atoms with van der Waals surface area (Å²) < 4.78 is 0. The van der Waals surface area contributed by atoms with Crippen LogP contribution in [-0.2, 0) is 9.59 Å². The second-order valence-corrected chi connectivity index (χ2v) is 5.99. The van der Waals surface area contributed by atoms with E-state index in [9.17, 15) is 14.7 Å². The molecule has 1 aliphatic rings. The molecule has 0 aliphatic carbocycles. The third-order valence-corrected chi connectivity index (χ3v) is 4.48. The first kappa shape index (κ1) is 17.0. The van der Waals surface area contributed by atoms with Crippen molar-refractivity contribution in [3.8, 4) is 12.3 Å². The first-order valence-corrected chi connectivity index (χ1v) is 7.67. The van der Waals surface area contributed by atoms with E-state index >= 15 is 0 Å². The topological polar surface area (TPSA) is 60.9 Å². The Morgan fingerprint density at radius 2 is 2.09 bits per heavy atom. The molecule has 5 nitrogen and oxygen atoms in total. The van der Waals surface area contributed by atoms with Gasteiger partial charge in [-0.25, -0.2) is 4.79 Å². The van der Waals surface area contributed by atoms with Gasteiger partial charge in [-0.05, 0) is 26.0 Å². The van der Waals surface area contributed by atoms with E-state index in [1.54, 1.807) is 0 Å². The zero-order valence-corrected chi connectivity index (χ0v) is 13.5. The smallest absolute Gasteiger partial charge is 0.326 e.